The van der Waals surface area contributed by atoms with Gasteiger partial charge in [0.05, 0.1) is 10.6 Å². The highest BCUT2D eigenvalue weighted by Crippen LogP contribution is 2.31. The van der Waals surface area contributed by atoms with Crippen LogP contribution in [0, 0.1) is 0 Å². The van der Waals surface area contributed by atoms with Crippen molar-refractivity contribution in [3.8, 4) is 0 Å². The van der Waals surface area contributed by atoms with Crippen LogP contribution in [0.3, 0.4) is 0 Å². The third kappa shape index (κ3) is 2.08. The van der Waals surface area contributed by atoms with Crippen molar-refractivity contribution in [2.24, 2.45) is 5.73 Å². The van der Waals surface area contributed by atoms with Gasteiger partial charge in [-0.1, -0.05) is 11.6 Å². The van der Waals surface area contributed by atoms with E-state index in [0.29, 0.717) is 21.2 Å². The van der Waals surface area contributed by atoms with Gasteiger partial charge in [0, 0.05) is 10.6 Å². The van der Waals surface area contributed by atoms with Crippen molar-refractivity contribution < 1.29 is 4.79 Å². The van der Waals surface area contributed by atoms with Crippen LogP contribution in [0.1, 0.15) is 10.4 Å². The van der Waals surface area contributed by atoms with Gasteiger partial charge >= 0.3 is 0 Å². The number of amides is 1. The van der Waals surface area contributed by atoms with Gasteiger partial charge in [0.2, 0.25) is 5.91 Å². The van der Waals surface area contributed by atoms with Crippen LogP contribution in [0.15, 0.2) is 17.0 Å². The van der Waals surface area contributed by atoms with Gasteiger partial charge < -0.3 is 11.5 Å². The van der Waals surface area contributed by atoms with E-state index in [4.69, 9.17) is 23.1 Å². The molecular weight excluding hydrogens is 208 g/mol. The molecule has 0 unspecified atom stereocenters. The zero-order valence-corrected chi connectivity index (χ0v) is 8.58. The molecule has 13 heavy (non-hydrogen) atoms. The van der Waals surface area contributed by atoms with E-state index in [1.54, 1.807) is 6.07 Å². The van der Waals surface area contributed by atoms with Crippen LogP contribution < -0.4 is 11.5 Å². The monoisotopic (exact) mass is 216 g/mol. The number of thioether (sulfide) groups is 1. The van der Waals surface area contributed by atoms with Crippen LogP contribution in [0.5, 0.6) is 0 Å². The fraction of sp³-hybridized carbons (Fsp3) is 0.125. The minimum absolute atomic E-state index is 0.373. The summed E-state index contributed by atoms with van der Waals surface area (Å²) < 4.78 is 0. The molecule has 0 bridgehead atoms. The Balaban J connectivity index is 3.38. The van der Waals surface area contributed by atoms with Crippen molar-refractivity contribution in [2.75, 3.05) is 12.0 Å². The molecular formula is C8H9ClN2OS. The zero-order valence-electron chi connectivity index (χ0n) is 7.00. The van der Waals surface area contributed by atoms with Crippen molar-refractivity contribution in [2.45, 2.75) is 4.90 Å². The van der Waals surface area contributed by atoms with Crippen molar-refractivity contribution in [1.29, 1.82) is 0 Å². The predicted octanol–water partition coefficient (Wildman–Crippen LogP) is 1.74. The number of nitrogen functional groups attached to an aromatic ring is 1. The number of nitrogens with two attached hydrogens (primary N) is 2. The summed E-state index contributed by atoms with van der Waals surface area (Å²) in [6.07, 6.45) is 1.82. The van der Waals surface area contributed by atoms with E-state index < -0.39 is 5.91 Å². The highest BCUT2D eigenvalue weighted by molar-refractivity contribution is 7.98. The molecule has 0 radical (unpaired) electrons. The number of rotatable bonds is 2. The Kier molecular flexibility index (Phi) is 3.06. The van der Waals surface area contributed by atoms with Crippen LogP contribution in [-0.4, -0.2) is 12.2 Å². The Labute approximate surface area is 85.4 Å². The molecule has 0 fully saturated rings. The van der Waals surface area contributed by atoms with E-state index in [9.17, 15) is 4.79 Å². The molecule has 0 saturated heterocycles. The fourth-order valence-corrected chi connectivity index (χ4v) is 2.10. The van der Waals surface area contributed by atoms with Gasteiger partial charge in [-0.15, -0.1) is 11.8 Å². The molecule has 0 heterocycles. The van der Waals surface area contributed by atoms with Crippen LogP contribution in [-0.2, 0) is 0 Å². The normalized spacial score (nSPS) is 10.0. The van der Waals surface area contributed by atoms with E-state index in [2.05, 4.69) is 0 Å². The number of primary amides is 1. The molecule has 4 N–H and O–H groups in total. The maximum atomic E-state index is 11.0. The maximum Gasteiger partial charge on any atom is 0.249 e. The number of halogens is 1. The lowest BCUT2D eigenvalue weighted by atomic mass is 10.2. The van der Waals surface area contributed by atoms with Crippen LogP contribution in [0.25, 0.3) is 0 Å². The van der Waals surface area contributed by atoms with Gasteiger partial charge in [-0.3, -0.25) is 4.79 Å². The predicted molar refractivity (Wildman–Crippen MR) is 56.2 cm³/mol. The molecule has 0 aliphatic heterocycles. The fourth-order valence-electron chi connectivity index (χ4n) is 1.00. The van der Waals surface area contributed by atoms with E-state index in [0.717, 1.165) is 0 Å². The Morgan fingerprint density at radius 3 is 2.62 bits per heavy atom. The third-order valence-corrected chi connectivity index (χ3v) is 2.79. The van der Waals surface area contributed by atoms with Gasteiger partial charge in [0.15, 0.2) is 0 Å². The highest BCUT2D eigenvalue weighted by Gasteiger charge is 2.11. The Morgan fingerprint density at radius 1 is 1.54 bits per heavy atom. The topological polar surface area (TPSA) is 69.1 Å². The first-order chi connectivity index (χ1) is 6.06. The molecule has 0 aliphatic carbocycles. The average Bonchev–Trinajstić information content (AvgIpc) is 2.02. The number of benzene rings is 1. The molecule has 5 heteroatoms. The van der Waals surface area contributed by atoms with Gasteiger partial charge in [0.1, 0.15) is 0 Å². The quantitative estimate of drug-likeness (QED) is 0.585. The lowest BCUT2D eigenvalue weighted by Gasteiger charge is -2.06. The Bertz CT molecular complexity index is 354. The molecule has 0 aliphatic rings. The summed E-state index contributed by atoms with van der Waals surface area (Å²) in [6.45, 7) is 0. The van der Waals surface area contributed by atoms with Gasteiger partial charge in [-0.2, -0.15) is 0 Å². The summed E-state index contributed by atoms with van der Waals surface area (Å²) in [5.41, 5.74) is 11.5. The van der Waals surface area contributed by atoms with Crippen molar-refractivity contribution in [3.63, 3.8) is 0 Å². The number of hydrogen-bond acceptors (Lipinski definition) is 3. The van der Waals surface area contributed by atoms with Gasteiger partial charge in [0.25, 0.3) is 0 Å². The molecule has 1 aromatic carbocycles. The minimum atomic E-state index is -0.515. The minimum Gasteiger partial charge on any atom is -0.399 e. The second-order valence-electron chi connectivity index (χ2n) is 2.45. The molecule has 1 rings (SSSR count). The summed E-state index contributed by atoms with van der Waals surface area (Å²) in [5, 5.41) is 0.460. The summed E-state index contributed by atoms with van der Waals surface area (Å²) in [7, 11) is 0. The first-order valence-corrected chi connectivity index (χ1v) is 5.09. The first kappa shape index (κ1) is 10.2. The summed E-state index contributed by atoms with van der Waals surface area (Å²) >= 11 is 7.24. The molecule has 1 aromatic rings. The zero-order chi connectivity index (χ0) is 10.0. The molecule has 0 atom stereocenters. The molecule has 70 valence electrons. The lowest BCUT2D eigenvalue weighted by Crippen LogP contribution is -2.12. The van der Waals surface area contributed by atoms with Crippen LogP contribution >= 0.6 is 23.4 Å². The van der Waals surface area contributed by atoms with Crippen molar-refractivity contribution in [3.05, 3.63) is 22.7 Å². The van der Waals surface area contributed by atoms with Crippen LogP contribution in [0.4, 0.5) is 5.69 Å². The molecule has 0 aromatic heterocycles. The highest BCUT2D eigenvalue weighted by atomic mass is 35.5. The Hall–Kier alpha value is -0.870. The first-order valence-electron chi connectivity index (χ1n) is 3.49. The van der Waals surface area contributed by atoms with E-state index in [1.165, 1.54) is 17.8 Å². The van der Waals surface area contributed by atoms with Gasteiger partial charge in [-0.05, 0) is 18.4 Å². The second-order valence-corrected chi connectivity index (χ2v) is 3.67. The maximum absolute atomic E-state index is 11.0. The summed E-state index contributed by atoms with van der Waals surface area (Å²) in [4.78, 5) is 11.6. The van der Waals surface area contributed by atoms with E-state index in [1.807, 2.05) is 6.26 Å². The SMILES string of the molecule is CSc1c(Cl)cc(N)cc1C(N)=O. The molecule has 3 nitrogen and oxygen atoms in total. The largest absolute Gasteiger partial charge is 0.399 e. The van der Waals surface area contributed by atoms with E-state index >= 15 is 0 Å². The smallest absolute Gasteiger partial charge is 0.249 e. The lowest BCUT2D eigenvalue weighted by molar-refractivity contribution is 0.0997. The third-order valence-electron chi connectivity index (χ3n) is 1.54. The molecule has 1 amide bonds. The van der Waals surface area contributed by atoms with Crippen molar-refractivity contribution >= 4 is 35.0 Å². The van der Waals surface area contributed by atoms with E-state index in [-0.39, 0.29) is 0 Å². The number of carbonyl (C=O) groups excluding carboxylic acids is 1. The second kappa shape index (κ2) is 3.89. The van der Waals surface area contributed by atoms with Crippen LogP contribution in [0.2, 0.25) is 5.02 Å². The number of anilines is 1. The van der Waals surface area contributed by atoms with Gasteiger partial charge in [-0.25, -0.2) is 0 Å². The summed E-state index contributed by atoms with van der Waals surface area (Å²) in [5.74, 6) is -0.515. The van der Waals surface area contributed by atoms with Crippen molar-refractivity contribution in [1.82, 2.24) is 0 Å². The molecule has 0 saturated carbocycles. The number of carbonyl (C=O) groups is 1. The summed E-state index contributed by atoms with van der Waals surface area (Å²) in [6, 6.07) is 3.12. The molecule has 0 spiro atoms. The standard InChI is InChI=1S/C8H9ClN2OS/c1-13-7-5(8(11)12)2-4(10)3-6(7)9/h2-3H,10H2,1H3,(H2,11,12). The average molecular weight is 217 g/mol. The Morgan fingerprint density at radius 2 is 2.15 bits per heavy atom. The number of hydrogen-bond donors (Lipinski definition) is 2.